The maximum atomic E-state index is 13.3. The molecule has 0 spiro atoms. The van der Waals surface area contributed by atoms with Crippen molar-refractivity contribution in [1.82, 2.24) is 5.32 Å². The molecule has 19 nitrogen and oxygen atoms in total. The van der Waals surface area contributed by atoms with Crippen LogP contribution >= 0.6 is 0 Å². The van der Waals surface area contributed by atoms with Gasteiger partial charge in [-0.2, -0.15) is 0 Å². The summed E-state index contributed by atoms with van der Waals surface area (Å²) in [7, 11) is 0. The average molecular weight is 1290 g/mol. The number of hydrogen-bond acceptors (Lipinski definition) is 18. The Morgan fingerprint density at radius 2 is 0.758 bits per heavy atom. The molecule has 0 saturated carbocycles. The Bertz CT molecular complexity index is 1930. The molecule has 17 unspecified atom stereocenters. The first-order valence-electron chi connectivity index (χ1n) is 35.7. The van der Waals surface area contributed by atoms with Crippen LogP contribution in [0.15, 0.2) is 72.9 Å². The number of aliphatic hydroxyl groups excluding tert-OH is 11. The average Bonchev–Trinajstić information content (AvgIpc) is 1.40. The number of unbranched alkanes of at least 4 members (excludes halogenated alkanes) is 28. The summed E-state index contributed by atoms with van der Waals surface area (Å²) in [6, 6.07) is -0.970. The van der Waals surface area contributed by atoms with Gasteiger partial charge in [0.1, 0.15) is 73.2 Å². The number of hydrogen-bond donors (Lipinski definition) is 12. The van der Waals surface area contributed by atoms with E-state index < -0.39 is 124 Å². The van der Waals surface area contributed by atoms with E-state index in [0.29, 0.717) is 6.42 Å². The highest BCUT2D eigenvalue weighted by atomic mass is 16.8. The second kappa shape index (κ2) is 53.4. The lowest BCUT2D eigenvalue weighted by molar-refractivity contribution is -0.379. The van der Waals surface area contributed by atoms with Gasteiger partial charge >= 0.3 is 0 Å². The maximum absolute atomic E-state index is 13.3. The molecule has 3 aliphatic rings. The molecule has 0 aromatic heterocycles. The standard InChI is InChI=1S/C72H127NO18/c1-3-5-7-9-11-12-13-14-15-16-17-18-19-20-21-22-23-24-25-26-27-28-29-30-31-32-33-34-35-36-37-38-39-40-41-42-44-46-48-50-60(78)73-55(56(77)49-47-45-43-10-8-6-4-2)54-86-70-66(84)63(81)68(58(52-75)88-70)91-72-67(85)64(82)69(59(53-76)89-72)90-71-65(83)62(80)61(79)57(51-74)87-71/h5,7,11-12,14-15,17-18,20-21,47,49,55-59,61-72,74-77,79-85H,3-4,6,8-10,13,16,19,22-46,48,50-54H2,1-2H3,(H,73,78)/b7-5-,12-11-,15-14-,18-17-,21-20-,49-47+. The molecule has 91 heavy (non-hydrogen) atoms. The monoisotopic (exact) mass is 1290 g/mol. The minimum atomic E-state index is -1.98. The van der Waals surface area contributed by atoms with Gasteiger partial charge in [0.2, 0.25) is 5.91 Å². The van der Waals surface area contributed by atoms with Crippen LogP contribution in [0.4, 0.5) is 0 Å². The van der Waals surface area contributed by atoms with Crippen LogP contribution in [0.1, 0.15) is 245 Å². The second-order valence-electron chi connectivity index (χ2n) is 25.3. The van der Waals surface area contributed by atoms with Crippen LogP contribution in [0.3, 0.4) is 0 Å². The molecule has 0 aromatic carbocycles. The quantitative estimate of drug-likeness (QED) is 0.0199. The van der Waals surface area contributed by atoms with E-state index in [1.54, 1.807) is 6.08 Å². The Balaban J connectivity index is 1.24. The van der Waals surface area contributed by atoms with E-state index in [1.165, 1.54) is 128 Å². The zero-order valence-electron chi connectivity index (χ0n) is 55.8. The molecule has 3 fully saturated rings. The molecule has 1 amide bonds. The minimum absolute atomic E-state index is 0.244. The van der Waals surface area contributed by atoms with Gasteiger partial charge in [-0.1, -0.05) is 247 Å². The van der Waals surface area contributed by atoms with Crippen LogP contribution < -0.4 is 5.32 Å². The first-order valence-corrected chi connectivity index (χ1v) is 35.7. The third-order valence-corrected chi connectivity index (χ3v) is 17.5. The number of rotatable bonds is 54. The topological polar surface area (TPSA) is 307 Å². The third kappa shape index (κ3) is 35.2. The predicted octanol–water partition coefficient (Wildman–Crippen LogP) is 9.72. The van der Waals surface area contributed by atoms with E-state index in [9.17, 15) is 61.0 Å². The van der Waals surface area contributed by atoms with Gasteiger partial charge in [-0.05, 0) is 64.2 Å². The van der Waals surface area contributed by atoms with E-state index in [2.05, 4.69) is 79.9 Å². The Labute approximate surface area is 547 Å². The molecule has 0 radical (unpaired) electrons. The van der Waals surface area contributed by atoms with Crippen molar-refractivity contribution in [1.29, 1.82) is 0 Å². The zero-order chi connectivity index (χ0) is 66.1. The third-order valence-electron chi connectivity index (χ3n) is 17.5. The van der Waals surface area contributed by atoms with Crippen molar-refractivity contribution in [3.05, 3.63) is 72.9 Å². The number of ether oxygens (including phenoxy) is 6. The SMILES string of the molecule is CC/C=C\C/C=C\C/C=C\C/C=C\C/C=C\CCCCCCCCCCCCCCCCCCCCCCCCCC(=O)NC(COC1OC(CO)C(OC2OC(CO)C(OC3OC(CO)C(O)C(O)C3O)C(O)C2O)C(O)C1O)C(O)/C=C/CCCCCCC. The largest absolute Gasteiger partial charge is 0.394 e. The fourth-order valence-corrected chi connectivity index (χ4v) is 11.7. The fourth-order valence-electron chi connectivity index (χ4n) is 11.7. The summed E-state index contributed by atoms with van der Waals surface area (Å²) in [6.45, 7) is 1.54. The van der Waals surface area contributed by atoms with Gasteiger partial charge in [0.25, 0.3) is 0 Å². The lowest BCUT2D eigenvalue weighted by atomic mass is 9.96. The summed E-state index contributed by atoms with van der Waals surface area (Å²) < 4.78 is 34.2. The maximum Gasteiger partial charge on any atom is 0.220 e. The fraction of sp³-hybridized carbons (Fsp3) is 0.819. The summed E-state index contributed by atoms with van der Waals surface area (Å²) in [4.78, 5) is 13.3. The molecule has 3 aliphatic heterocycles. The first kappa shape index (κ1) is 82.5. The van der Waals surface area contributed by atoms with Crippen LogP contribution in [0.5, 0.6) is 0 Å². The van der Waals surface area contributed by atoms with Crippen LogP contribution in [0, 0.1) is 0 Å². The molecule has 3 heterocycles. The highest BCUT2D eigenvalue weighted by molar-refractivity contribution is 5.76. The van der Waals surface area contributed by atoms with Crippen molar-refractivity contribution in [2.75, 3.05) is 26.4 Å². The van der Waals surface area contributed by atoms with E-state index in [-0.39, 0.29) is 18.9 Å². The molecule has 3 saturated heterocycles. The number of carbonyl (C=O) groups excluding carboxylic acids is 1. The number of nitrogens with one attached hydrogen (secondary N) is 1. The van der Waals surface area contributed by atoms with E-state index in [4.69, 9.17) is 28.4 Å². The second-order valence-corrected chi connectivity index (χ2v) is 25.3. The lowest BCUT2D eigenvalue weighted by Gasteiger charge is -2.48. The van der Waals surface area contributed by atoms with Crippen LogP contribution in [0.2, 0.25) is 0 Å². The Hall–Kier alpha value is -2.77. The van der Waals surface area contributed by atoms with E-state index in [0.717, 1.165) is 89.9 Å². The molecular weight excluding hydrogens is 1170 g/mol. The molecule has 528 valence electrons. The smallest absolute Gasteiger partial charge is 0.220 e. The summed E-state index contributed by atoms with van der Waals surface area (Å²) in [5, 5.41) is 120. The van der Waals surface area contributed by atoms with Crippen molar-refractivity contribution in [3.8, 4) is 0 Å². The van der Waals surface area contributed by atoms with Crippen molar-refractivity contribution < 1.29 is 89.4 Å². The summed E-state index contributed by atoms with van der Waals surface area (Å²) in [5.74, 6) is -0.279. The van der Waals surface area contributed by atoms with Crippen molar-refractivity contribution in [2.24, 2.45) is 0 Å². The highest BCUT2D eigenvalue weighted by Gasteiger charge is 2.53. The van der Waals surface area contributed by atoms with Crippen LogP contribution in [-0.2, 0) is 33.2 Å². The van der Waals surface area contributed by atoms with Gasteiger partial charge in [-0.25, -0.2) is 0 Å². The minimum Gasteiger partial charge on any atom is -0.394 e. The van der Waals surface area contributed by atoms with E-state index >= 15 is 0 Å². The van der Waals surface area contributed by atoms with Gasteiger partial charge in [-0.3, -0.25) is 4.79 Å². The highest BCUT2D eigenvalue weighted by Crippen LogP contribution is 2.33. The van der Waals surface area contributed by atoms with Gasteiger partial charge in [0.15, 0.2) is 18.9 Å². The summed E-state index contributed by atoms with van der Waals surface area (Å²) in [6.07, 6.45) is 41.1. The Kier molecular flexibility index (Phi) is 48.4. The lowest BCUT2D eigenvalue weighted by Crippen LogP contribution is -2.66. The molecule has 19 heteroatoms. The Morgan fingerprint density at radius 3 is 1.19 bits per heavy atom. The van der Waals surface area contributed by atoms with Crippen molar-refractivity contribution in [3.63, 3.8) is 0 Å². The molecule has 0 aromatic rings. The first-order chi connectivity index (χ1) is 44.3. The van der Waals surface area contributed by atoms with Crippen LogP contribution in [-0.4, -0.2) is 193 Å². The van der Waals surface area contributed by atoms with E-state index in [1.807, 2.05) is 6.08 Å². The molecule has 12 N–H and O–H groups in total. The normalized spacial score (nSPS) is 28.3. The van der Waals surface area contributed by atoms with Gasteiger partial charge < -0.3 is 89.9 Å². The summed E-state index contributed by atoms with van der Waals surface area (Å²) in [5.41, 5.74) is 0. The van der Waals surface area contributed by atoms with Gasteiger partial charge in [-0.15, -0.1) is 0 Å². The number of carbonyl (C=O) groups is 1. The van der Waals surface area contributed by atoms with Crippen LogP contribution in [0.25, 0.3) is 0 Å². The number of amides is 1. The Morgan fingerprint density at radius 1 is 0.407 bits per heavy atom. The number of aliphatic hydroxyl groups is 11. The summed E-state index contributed by atoms with van der Waals surface area (Å²) >= 11 is 0. The van der Waals surface area contributed by atoms with Crippen molar-refractivity contribution in [2.45, 2.75) is 349 Å². The van der Waals surface area contributed by atoms with Gasteiger partial charge in [0.05, 0.1) is 38.6 Å². The molecule has 0 aliphatic carbocycles. The van der Waals surface area contributed by atoms with Gasteiger partial charge in [0, 0.05) is 6.42 Å². The number of allylic oxidation sites excluding steroid dienone is 11. The predicted molar refractivity (Wildman–Crippen MR) is 355 cm³/mol. The zero-order valence-corrected chi connectivity index (χ0v) is 55.8. The van der Waals surface area contributed by atoms with Crippen molar-refractivity contribution >= 4 is 5.91 Å². The molecule has 17 atom stereocenters. The molecular formula is C72H127NO18. The molecule has 0 bridgehead atoms. The molecule has 3 rings (SSSR count).